The molecule has 0 bridgehead atoms. The summed E-state index contributed by atoms with van der Waals surface area (Å²) in [6.45, 7) is 0.385. The van der Waals surface area contributed by atoms with Crippen molar-refractivity contribution in [3.8, 4) is 11.4 Å². The van der Waals surface area contributed by atoms with E-state index in [1.807, 2.05) is 0 Å². The Hall–Kier alpha value is -2.46. The summed E-state index contributed by atoms with van der Waals surface area (Å²) >= 11 is 0. The van der Waals surface area contributed by atoms with Crippen LogP contribution in [0.4, 0.5) is 4.39 Å². The number of amides is 1. The van der Waals surface area contributed by atoms with Crippen molar-refractivity contribution in [3.05, 3.63) is 42.0 Å². The summed E-state index contributed by atoms with van der Waals surface area (Å²) in [4.78, 5) is 14.1. The van der Waals surface area contributed by atoms with E-state index in [0.717, 1.165) is 15.2 Å². The monoisotopic (exact) mass is 396 g/mol. The van der Waals surface area contributed by atoms with Crippen molar-refractivity contribution in [1.29, 1.82) is 0 Å². The van der Waals surface area contributed by atoms with Gasteiger partial charge in [-0.25, -0.2) is 21.8 Å². The van der Waals surface area contributed by atoms with Gasteiger partial charge in [0.1, 0.15) is 11.5 Å². The second kappa shape index (κ2) is 7.28. The summed E-state index contributed by atoms with van der Waals surface area (Å²) in [5.74, 6) is -1.52. The number of carbonyl (C=O) groups excluding carboxylic acids is 1. The summed E-state index contributed by atoms with van der Waals surface area (Å²) in [5, 5.41) is 13.4. The van der Waals surface area contributed by atoms with Crippen molar-refractivity contribution < 1.29 is 22.7 Å². The van der Waals surface area contributed by atoms with Gasteiger partial charge in [-0.15, -0.1) is 0 Å². The number of piperidine rings is 1. The summed E-state index contributed by atoms with van der Waals surface area (Å²) in [6, 6.07) is 5.85. The first-order valence-corrected chi connectivity index (χ1v) is 9.96. The third-order valence-electron chi connectivity index (χ3n) is 4.59. The number of para-hydroxylation sites is 1. The molecule has 146 valence electrons. The molecule has 0 spiro atoms. The van der Waals surface area contributed by atoms with Gasteiger partial charge >= 0.3 is 0 Å². The Balaban J connectivity index is 1.85. The van der Waals surface area contributed by atoms with Gasteiger partial charge in [-0.2, -0.15) is 5.10 Å². The second-order valence-corrected chi connectivity index (χ2v) is 9.03. The van der Waals surface area contributed by atoms with Crippen LogP contribution in [-0.2, 0) is 10.0 Å². The van der Waals surface area contributed by atoms with Gasteiger partial charge in [0.25, 0.3) is 5.91 Å². The zero-order valence-corrected chi connectivity index (χ0v) is 15.9. The third kappa shape index (κ3) is 3.67. The Morgan fingerprint density at radius 1 is 1.33 bits per heavy atom. The summed E-state index contributed by atoms with van der Waals surface area (Å²) in [6.07, 6.45) is 2.14. The molecule has 1 unspecified atom stereocenters. The average Bonchev–Trinajstić information content (AvgIpc) is 3.03. The fraction of sp³-hybridized carbons (Fsp3) is 0.412. The topological polar surface area (TPSA) is 95.7 Å². The number of hydrogen-bond acceptors (Lipinski definition) is 5. The molecule has 1 amide bonds. The predicted molar refractivity (Wildman–Crippen MR) is 96.7 cm³/mol. The van der Waals surface area contributed by atoms with E-state index in [0.29, 0.717) is 19.4 Å². The predicted octanol–water partition coefficient (Wildman–Crippen LogP) is 1.21. The summed E-state index contributed by atoms with van der Waals surface area (Å²) in [5.41, 5.74) is -0.139. The van der Waals surface area contributed by atoms with Gasteiger partial charge in [-0.1, -0.05) is 12.1 Å². The van der Waals surface area contributed by atoms with E-state index in [4.69, 9.17) is 0 Å². The van der Waals surface area contributed by atoms with E-state index in [2.05, 4.69) is 5.10 Å². The highest BCUT2D eigenvalue weighted by atomic mass is 32.2. The fourth-order valence-corrected chi connectivity index (χ4v) is 4.52. The van der Waals surface area contributed by atoms with E-state index < -0.39 is 27.0 Å². The van der Waals surface area contributed by atoms with Gasteiger partial charge in [0.15, 0.2) is 11.4 Å². The first-order chi connectivity index (χ1) is 12.7. The smallest absolute Gasteiger partial charge is 0.278 e. The minimum Gasteiger partial charge on any atom is -0.504 e. The highest BCUT2D eigenvalue weighted by molar-refractivity contribution is 7.89. The first-order valence-electron chi connectivity index (χ1n) is 8.46. The maximum atomic E-state index is 13.9. The van der Waals surface area contributed by atoms with Crippen molar-refractivity contribution in [2.45, 2.75) is 18.1 Å². The Kier molecular flexibility index (Phi) is 5.20. The molecular weight excluding hydrogens is 375 g/mol. The van der Waals surface area contributed by atoms with Crippen LogP contribution in [0.5, 0.6) is 5.75 Å². The SMILES string of the molecule is CN(C)S(=O)(=O)C1CCCN(C(=O)c2nn(-c3ccccc3F)cc2O)C1. The molecule has 0 radical (unpaired) electrons. The number of benzene rings is 1. The molecule has 3 rings (SSSR count). The highest BCUT2D eigenvalue weighted by Crippen LogP contribution is 2.25. The van der Waals surface area contributed by atoms with Gasteiger partial charge in [0, 0.05) is 27.2 Å². The number of likely N-dealkylation sites (tertiary alicyclic amines) is 1. The molecule has 1 fully saturated rings. The Morgan fingerprint density at radius 3 is 2.70 bits per heavy atom. The molecule has 1 saturated heterocycles. The van der Waals surface area contributed by atoms with Crippen LogP contribution in [0.15, 0.2) is 30.5 Å². The molecule has 0 aliphatic carbocycles. The maximum Gasteiger partial charge on any atom is 0.278 e. The lowest BCUT2D eigenvalue weighted by Crippen LogP contribution is -2.48. The Morgan fingerprint density at radius 2 is 2.04 bits per heavy atom. The van der Waals surface area contributed by atoms with Crippen molar-refractivity contribution >= 4 is 15.9 Å². The fourth-order valence-electron chi connectivity index (χ4n) is 3.09. The number of hydrogen-bond donors (Lipinski definition) is 1. The quantitative estimate of drug-likeness (QED) is 0.838. The average molecular weight is 396 g/mol. The molecule has 10 heteroatoms. The van der Waals surface area contributed by atoms with Crippen LogP contribution in [0.1, 0.15) is 23.3 Å². The molecule has 1 atom stereocenters. The number of carbonyl (C=O) groups is 1. The molecule has 1 aliphatic heterocycles. The van der Waals surface area contributed by atoms with Crippen LogP contribution >= 0.6 is 0 Å². The number of aromatic nitrogens is 2. The van der Waals surface area contributed by atoms with Crippen LogP contribution in [0.3, 0.4) is 0 Å². The van der Waals surface area contributed by atoms with E-state index in [1.54, 1.807) is 6.07 Å². The number of aromatic hydroxyl groups is 1. The minimum absolute atomic E-state index is 0.0192. The van der Waals surface area contributed by atoms with Crippen molar-refractivity contribution in [3.63, 3.8) is 0 Å². The van der Waals surface area contributed by atoms with E-state index in [9.17, 15) is 22.7 Å². The van der Waals surface area contributed by atoms with Gasteiger partial charge in [-0.05, 0) is 25.0 Å². The molecule has 1 aromatic heterocycles. The molecule has 8 nitrogen and oxygen atoms in total. The molecule has 27 heavy (non-hydrogen) atoms. The molecule has 0 saturated carbocycles. The van der Waals surface area contributed by atoms with Gasteiger partial charge in [0.05, 0.1) is 11.4 Å². The number of nitrogens with zero attached hydrogens (tertiary/aromatic N) is 4. The lowest BCUT2D eigenvalue weighted by atomic mass is 10.1. The molecule has 1 aliphatic rings. The number of rotatable bonds is 4. The van der Waals surface area contributed by atoms with Gasteiger partial charge in [0.2, 0.25) is 10.0 Å². The molecule has 2 aromatic rings. The van der Waals surface area contributed by atoms with Crippen molar-refractivity contribution in [2.75, 3.05) is 27.2 Å². The number of sulfonamides is 1. The lowest BCUT2D eigenvalue weighted by molar-refractivity contribution is 0.0716. The van der Waals surface area contributed by atoms with Crippen molar-refractivity contribution in [2.24, 2.45) is 0 Å². The molecule has 1 aromatic carbocycles. The standard InChI is InChI=1S/C17H21FN4O4S/c1-20(2)27(25,26)12-6-5-9-21(10-12)17(24)16-15(23)11-22(19-16)14-8-4-3-7-13(14)18/h3-4,7-8,11-12,23H,5-6,9-10H2,1-2H3. The summed E-state index contributed by atoms with van der Waals surface area (Å²) in [7, 11) is -0.588. The van der Waals surface area contributed by atoms with Crippen LogP contribution in [-0.4, -0.2) is 70.9 Å². The first kappa shape index (κ1) is 19.3. The lowest BCUT2D eigenvalue weighted by Gasteiger charge is -2.33. The second-order valence-electron chi connectivity index (χ2n) is 6.60. The third-order valence-corrected chi connectivity index (χ3v) is 6.84. The maximum absolute atomic E-state index is 13.9. The molecule has 2 heterocycles. The molecule has 1 N–H and O–H groups in total. The van der Waals surface area contributed by atoms with Crippen LogP contribution in [0, 0.1) is 5.82 Å². The van der Waals surface area contributed by atoms with E-state index in [1.165, 1.54) is 37.2 Å². The normalized spacial score (nSPS) is 18.1. The van der Waals surface area contributed by atoms with E-state index in [-0.39, 0.29) is 23.7 Å². The Labute approximate surface area is 156 Å². The largest absolute Gasteiger partial charge is 0.504 e. The van der Waals surface area contributed by atoms with Crippen LogP contribution in [0.2, 0.25) is 0 Å². The highest BCUT2D eigenvalue weighted by Gasteiger charge is 2.35. The van der Waals surface area contributed by atoms with Crippen molar-refractivity contribution in [1.82, 2.24) is 19.0 Å². The summed E-state index contributed by atoms with van der Waals surface area (Å²) < 4.78 is 40.9. The van der Waals surface area contributed by atoms with E-state index >= 15 is 0 Å². The molecular formula is C17H21FN4O4S. The zero-order valence-electron chi connectivity index (χ0n) is 15.0. The van der Waals surface area contributed by atoms with Crippen LogP contribution < -0.4 is 0 Å². The minimum atomic E-state index is -3.50. The Bertz CT molecular complexity index is 958. The zero-order chi connectivity index (χ0) is 19.8. The van der Waals surface area contributed by atoms with Crippen LogP contribution in [0.25, 0.3) is 5.69 Å². The number of halogens is 1. The van der Waals surface area contributed by atoms with Gasteiger partial charge < -0.3 is 10.0 Å². The van der Waals surface area contributed by atoms with Gasteiger partial charge in [-0.3, -0.25) is 4.79 Å².